The summed E-state index contributed by atoms with van der Waals surface area (Å²) in [5.41, 5.74) is 2.38. The molecule has 0 aromatic carbocycles. The molecule has 0 aliphatic heterocycles. The molecule has 0 heterocycles. The molecule has 1 nitrogen and oxygen atoms in total. The van der Waals surface area contributed by atoms with Crippen LogP contribution in [0.2, 0.25) is 36.3 Å². The molecule has 0 saturated heterocycles. The summed E-state index contributed by atoms with van der Waals surface area (Å²) >= 11 is 0. The molecule has 0 N–H and O–H groups in total. The molecule has 3 heteroatoms. The van der Waals surface area contributed by atoms with Gasteiger partial charge in [0.1, 0.15) is 0 Å². The van der Waals surface area contributed by atoms with Crippen LogP contribution in [0.4, 0.5) is 0 Å². The van der Waals surface area contributed by atoms with Crippen LogP contribution in [-0.4, -0.2) is 26.6 Å². The molecule has 0 aliphatic carbocycles. The predicted molar refractivity (Wildman–Crippen MR) is 131 cm³/mol. The maximum absolute atomic E-state index is 7.55. The molecule has 0 rings (SSSR count). The number of ether oxygens (including phenoxy) is 1. The zero-order valence-corrected chi connectivity index (χ0v) is 23.2. The van der Waals surface area contributed by atoms with Crippen LogP contribution in [0.1, 0.15) is 82.1 Å². The second-order valence-corrected chi connectivity index (χ2v) is 22.9. The Hall–Kier alpha value is -0.126. The second-order valence-electron chi connectivity index (χ2n) is 11.8. The van der Waals surface area contributed by atoms with Crippen molar-refractivity contribution in [2.45, 2.75) is 129 Å². The van der Waals surface area contributed by atoms with Crippen LogP contribution in [0.25, 0.3) is 0 Å². The first-order chi connectivity index (χ1) is 11.7. The third-order valence-corrected chi connectivity index (χ3v) is 21.8. The van der Waals surface area contributed by atoms with Gasteiger partial charge in [0.25, 0.3) is 0 Å². The summed E-state index contributed by atoms with van der Waals surface area (Å²) in [4.78, 5) is 0. The molecule has 27 heavy (non-hydrogen) atoms. The summed E-state index contributed by atoms with van der Waals surface area (Å²) in [6.45, 7) is 42.2. The van der Waals surface area contributed by atoms with Crippen molar-refractivity contribution in [1.29, 1.82) is 0 Å². The largest absolute Gasteiger partial charge is 0.367 e. The van der Waals surface area contributed by atoms with Crippen LogP contribution in [0, 0.1) is 0 Å². The van der Waals surface area contributed by atoms with Crippen molar-refractivity contribution in [3.63, 3.8) is 0 Å². The zero-order valence-electron chi connectivity index (χ0n) is 21.2. The Bertz CT molecular complexity index is 510. The smallest absolute Gasteiger partial charge is 0.0960 e. The van der Waals surface area contributed by atoms with Crippen molar-refractivity contribution >= 4 is 16.1 Å². The minimum absolute atomic E-state index is 0.212. The van der Waals surface area contributed by atoms with Crippen LogP contribution in [0.5, 0.6) is 0 Å². The lowest BCUT2D eigenvalue weighted by molar-refractivity contribution is -0.0486. The molecule has 160 valence electrons. The van der Waals surface area contributed by atoms with Crippen LogP contribution < -0.4 is 0 Å². The standard InChI is InChI=1S/C24H50OSi2/c1-17-23(19(3)4,26(13,14)21(7,8)9)25-24(18-2,20(5)6)27(15,16)22(10,11)12/h3,5,17-18H2,1-2,4,6-16H3/t23-,24+. The van der Waals surface area contributed by atoms with Gasteiger partial charge in [-0.15, -0.1) is 0 Å². The molecule has 0 aromatic rings. The fraction of sp³-hybridized carbons (Fsp3) is 0.833. The molecule has 0 aliphatic rings. The first-order valence-corrected chi connectivity index (χ1v) is 16.7. The highest BCUT2D eigenvalue weighted by Crippen LogP contribution is 2.55. The summed E-state index contributed by atoms with van der Waals surface area (Å²) < 4.78 is 7.55. The minimum Gasteiger partial charge on any atom is -0.367 e. The maximum Gasteiger partial charge on any atom is 0.0960 e. The van der Waals surface area contributed by atoms with Gasteiger partial charge in [-0.05, 0) is 36.8 Å². The SMILES string of the molecule is C=C(C)[C@](CC)(O[C@](CC)(C(=C)C)[Si](C)(C)C(C)(C)C)[Si](C)(C)C(C)(C)C. The minimum atomic E-state index is -1.90. The van der Waals surface area contributed by atoms with E-state index in [2.05, 4.69) is 109 Å². The average Bonchev–Trinajstić information content (AvgIpc) is 2.45. The van der Waals surface area contributed by atoms with E-state index in [1.165, 1.54) is 11.1 Å². The van der Waals surface area contributed by atoms with Crippen LogP contribution in [0.3, 0.4) is 0 Å². The molecule has 0 unspecified atom stereocenters. The van der Waals surface area contributed by atoms with Crippen molar-refractivity contribution in [1.82, 2.24) is 0 Å². The van der Waals surface area contributed by atoms with Gasteiger partial charge in [-0.2, -0.15) is 0 Å². The third-order valence-electron chi connectivity index (χ3n) is 8.49. The predicted octanol–water partition coefficient (Wildman–Crippen LogP) is 8.55. The summed E-state index contributed by atoms with van der Waals surface area (Å²) in [5, 5.41) is -0.112. The van der Waals surface area contributed by atoms with E-state index >= 15 is 0 Å². The van der Waals surface area contributed by atoms with Crippen LogP contribution >= 0.6 is 0 Å². The van der Waals surface area contributed by atoms with Gasteiger partial charge >= 0.3 is 0 Å². The van der Waals surface area contributed by atoms with Gasteiger partial charge in [-0.1, -0.05) is 106 Å². The normalized spacial score (nSPS) is 18.6. The molecule has 0 amide bonds. The molecule has 2 atom stereocenters. The van der Waals surface area contributed by atoms with Crippen molar-refractivity contribution in [2.24, 2.45) is 0 Å². The first kappa shape index (κ1) is 26.9. The Morgan fingerprint density at radius 1 is 0.667 bits per heavy atom. The molecular formula is C24H50OSi2. The van der Waals surface area contributed by atoms with E-state index in [1.807, 2.05) is 0 Å². The highest BCUT2D eigenvalue weighted by atomic mass is 28.3. The fourth-order valence-electron chi connectivity index (χ4n) is 4.64. The van der Waals surface area contributed by atoms with Crippen molar-refractivity contribution in [3.8, 4) is 0 Å². The van der Waals surface area contributed by atoms with Gasteiger partial charge in [0, 0.05) is 0 Å². The molecule has 0 saturated carbocycles. The van der Waals surface area contributed by atoms with Crippen molar-refractivity contribution in [2.75, 3.05) is 0 Å². The Morgan fingerprint density at radius 3 is 1.00 bits per heavy atom. The van der Waals surface area contributed by atoms with E-state index in [-0.39, 0.29) is 20.5 Å². The van der Waals surface area contributed by atoms with E-state index in [4.69, 9.17) is 4.74 Å². The molecule has 0 bridgehead atoms. The highest BCUT2D eigenvalue weighted by molar-refractivity contribution is 6.85. The van der Waals surface area contributed by atoms with Gasteiger partial charge < -0.3 is 4.74 Å². The quantitative estimate of drug-likeness (QED) is 0.287. The third kappa shape index (κ3) is 4.11. The highest BCUT2D eigenvalue weighted by Gasteiger charge is 2.61. The van der Waals surface area contributed by atoms with Gasteiger partial charge in [-0.25, -0.2) is 0 Å². The molecule has 0 radical (unpaired) electrons. The fourth-order valence-corrected chi connectivity index (χ4v) is 11.9. The van der Waals surface area contributed by atoms with E-state index in [9.17, 15) is 0 Å². The maximum atomic E-state index is 7.55. The monoisotopic (exact) mass is 410 g/mol. The van der Waals surface area contributed by atoms with Gasteiger partial charge in [0.2, 0.25) is 0 Å². The van der Waals surface area contributed by atoms with E-state index in [0.717, 1.165) is 12.8 Å². The first-order valence-electron chi connectivity index (χ1n) is 10.7. The Morgan fingerprint density at radius 2 is 0.889 bits per heavy atom. The Kier molecular flexibility index (Phi) is 7.91. The zero-order chi connectivity index (χ0) is 22.3. The summed E-state index contributed by atoms with van der Waals surface area (Å²) in [6, 6.07) is 0. The lowest BCUT2D eigenvalue weighted by Crippen LogP contribution is -2.70. The van der Waals surface area contributed by atoms with Gasteiger partial charge in [0.15, 0.2) is 0 Å². The lowest BCUT2D eigenvalue weighted by atomic mass is 10.1. The van der Waals surface area contributed by atoms with E-state index in [1.54, 1.807) is 0 Å². The lowest BCUT2D eigenvalue weighted by Gasteiger charge is -2.61. The molecule has 0 fully saturated rings. The van der Waals surface area contributed by atoms with E-state index < -0.39 is 16.1 Å². The summed E-state index contributed by atoms with van der Waals surface area (Å²) in [6.07, 6.45) is 1.95. The van der Waals surface area contributed by atoms with Crippen molar-refractivity contribution < 1.29 is 4.74 Å². The summed E-state index contributed by atoms with van der Waals surface area (Å²) in [5.74, 6) is 0. The summed E-state index contributed by atoms with van der Waals surface area (Å²) in [7, 11) is -3.80. The molecule has 0 spiro atoms. The Labute approximate surface area is 174 Å². The second kappa shape index (κ2) is 7.95. The number of rotatable bonds is 8. The van der Waals surface area contributed by atoms with Crippen LogP contribution in [-0.2, 0) is 4.74 Å². The topological polar surface area (TPSA) is 9.23 Å². The number of hydrogen-bond acceptors (Lipinski definition) is 1. The number of hydrogen-bond donors (Lipinski definition) is 0. The van der Waals surface area contributed by atoms with Crippen LogP contribution in [0.15, 0.2) is 24.3 Å². The average molecular weight is 411 g/mol. The molecule has 0 aromatic heterocycles. The molecular weight excluding hydrogens is 360 g/mol. The van der Waals surface area contributed by atoms with Crippen molar-refractivity contribution in [3.05, 3.63) is 24.3 Å². The van der Waals surface area contributed by atoms with E-state index in [0.29, 0.717) is 0 Å². The van der Waals surface area contributed by atoms with Gasteiger partial charge in [-0.3, -0.25) is 0 Å². The Balaban J connectivity index is 6.99. The van der Waals surface area contributed by atoms with Gasteiger partial charge in [0.05, 0.1) is 26.6 Å².